The molecule has 89 heavy (non-hydrogen) atoms. The topological polar surface area (TPSA) is 375 Å². The van der Waals surface area contributed by atoms with Gasteiger partial charge in [0, 0.05) is 89.1 Å². The Labute approximate surface area is 537 Å². The maximum Gasteiger partial charge on any atom is 0.364 e. The van der Waals surface area contributed by atoms with Crippen LogP contribution in [0.15, 0.2) is 83.6 Å². The Morgan fingerprint density at radius 2 is 1.11 bits per heavy atom. The van der Waals surface area contributed by atoms with Gasteiger partial charge in [0.2, 0.25) is 17.6 Å². The van der Waals surface area contributed by atoms with E-state index in [2.05, 4.69) is 26.6 Å². The van der Waals surface area contributed by atoms with E-state index in [9.17, 15) is 74.1 Å². The molecule has 0 spiro atoms. The Bertz CT molecular complexity index is 3130. The van der Waals surface area contributed by atoms with Crippen molar-refractivity contribution >= 4 is 116 Å². The van der Waals surface area contributed by atoms with E-state index in [-0.39, 0.29) is 37.7 Å². The van der Waals surface area contributed by atoms with Gasteiger partial charge in [0.25, 0.3) is 23.5 Å². The van der Waals surface area contributed by atoms with Gasteiger partial charge in [0.05, 0.1) is 59.5 Å². The van der Waals surface area contributed by atoms with Crippen LogP contribution in [0, 0.1) is 0 Å². The number of thioether (sulfide) groups is 2. The summed E-state index contributed by atoms with van der Waals surface area (Å²) >= 11 is 8.52. The minimum absolute atomic E-state index is 0.0137. The van der Waals surface area contributed by atoms with Gasteiger partial charge in [-0.2, -0.15) is 23.5 Å². The van der Waals surface area contributed by atoms with Crippen LogP contribution in [0.4, 0.5) is 0 Å². The van der Waals surface area contributed by atoms with Crippen LogP contribution in [0.5, 0.6) is 0 Å². The second kappa shape index (κ2) is 34.2. The molecule has 24 nitrogen and oxygen atoms in total. The predicted molar refractivity (Wildman–Crippen MR) is 337 cm³/mol. The van der Waals surface area contributed by atoms with Crippen LogP contribution >= 0.6 is 68.9 Å². The normalized spacial score (nSPS) is 23.1. The van der Waals surface area contributed by atoms with Gasteiger partial charge >= 0.3 is 5.97 Å². The number of nitrogens with one attached hydrogen (secondary N) is 5. The van der Waals surface area contributed by atoms with Crippen molar-refractivity contribution in [3.8, 4) is 19.5 Å². The first-order valence-corrected chi connectivity index (χ1v) is 34.2. The highest BCUT2D eigenvalue weighted by molar-refractivity contribution is 7.99. The number of aliphatic hydroxyl groups excluding tert-OH is 6. The molecule has 0 aliphatic carbocycles. The molecule has 2 aliphatic rings. The van der Waals surface area contributed by atoms with E-state index in [1.54, 1.807) is 42.5 Å². The Morgan fingerprint density at radius 1 is 0.618 bits per heavy atom. The van der Waals surface area contributed by atoms with Gasteiger partial charge in [-0.05, 0) is 95.8 Å². The van der Waals surface area contributed by atoms with Gasteiger partial charge < -0.3 is 81.3 Å². The summed E-state index contributed by atoms with van der Waals surface area (Å²) in [5.41, 5.74) is 0.777. The van der Waals surface area contributed by atoms with Crippen LogP contribution < -0.4 is 26.6 Å². The lowest BCUT2D eigenvalue weighted by Crippen LogP contribution is -2.68. The lowest BCUT2D eigenvalue weighted by atomic mass is 9.88. The van der Waals surface area contributed by atoms with E-state index in [4.69, 9.17) is 18.9 Å². The summed E-state index contributed by atoms with van der Waals surface area (Å²) in [5.74, 6) is -6.64. The van der Waals surface area contributed by atoms with Crippen LogP contribution in [0.25, 0.3) is 19.5 Å². The predicted octanol–water partition coefficient (Wildman–Crippen LogP) is 3.53. The number of carbonyl (C=O) groups excluding carboxylic acids is 7. The Kier molecular flexibility index (Phi) is 27.3. The number of aliphatic hydroxyl groups is 6. The summed E-state index contributed by atoms with van der Waals surface area (Å²) in [4.78, 5) is 106. The van der Waals surface area contributed by atoms with Crippen LogP contribution in [0.2, 0.25) is 0 Å². The van der Waals surface area contributed by atoms with Gasteiger partial charge in [-0.15, -0.1) is 45.3 Å². The van der Waals surface area contributed by atoms with E-state index in [1.165, 1.54) is 75.8 Å². The first-order chi connectivity index (χ1) is 42.6. The van der Waals surface area contributed by atoms with Crippen LogP contribution in [0.3, 0.4) is 0 Å². The molecule has 4 aromatic heterocycles. The van der Waals surface area contributed by atoms with Crippen molar-refractivity contribution in [2.24, 2.45) is 0 Å². The molecule has 5 aromatic rings. The number of carbonyl (C=O) groups is 8. The fourth-order valence-corrected chi connectivity index (χ4v) is 14.9. The van der Waals surface area contributed by atoms with Crippen LogP contribution in [-0.4, -0.2) is 212 Å². The van der Waals surface area contributed by atoms with Gasteiger partial charge in [0.15, 0.2) is 12.1 Å². The largest absolute Gasteiger partial charge is 0.477 e. The molecule has 30 heteroatoms. The number of ether oxygens (including phenoxy) is 4. The average molecular weight is 1350 g/mol. The zero-order chi connectivity index (χ0) is 64.3. The molecular weight excluding hydrogens is 1280 g/mol. The Balaban J connectivity index is 0.762. The second-order valence-corrected chi connectivity index (χ2v) is 27.5. The third-order valence-corrected chi connectivity index (χ3v) is 20.8. The van der Waals surface area contributed by atoms with E-state index < -0.39 is 122 Å². The summed E-state index contributed by atoms with van der Waals surface area (Å²) in [6.45, 7) is 1.60. The number of aliphatic carboxylic acids is 1. The molecule has 2 fully saturated rings. The fraction of sp³-hybridized carbons (Fsp3) is 0.492. The Morgan fingerprint density at radius 3 is 1.62 bits per heavy atom. The third-order valence-electron chi connectivity index (χ3n) is 14.2. The number of hydrogen-bond acceptors (Lipinski definition) is 24. The van der Waals surface area contributed by atoms with Crippen molar-refractivity contribution < 1.29 is 93.0 Å². The van der Waals surface area contributed by atoms with Crippen molar-refractivity contribution in [3.05, 3.63) is 104 Å². The molecule has 2 aliphatic heterocycles. The van der Waals surface area contributed by atoms with E-state index in [0.29, 0.717) is 76.0 Å². The maximum absolute atomic E-state index is 13.0. The Hall–Kier alpha value is -5.52. The SMILES string of the molecule is CC(=O)N[C@H]1[C@H]([C@H](O)[C@H](O)CNC(=O)c2ccc(-c3cccs3)s2)O[C@](C=O)(OCCCSCCNC(=O)c2ccc(C(=O)CCCSCCCO[C@]3(C(=O)O)C[C@H](O)[C@@H](NC(C)=O)[C@H]([C@H](O)[C@H](O)CNC(=O)c4ccc(-c5cccs5)s4)O3)cc2)C[C@@H]1O. The van der Waals surface area contributed by atoms with Crippen molar-refractivity contribution in [2.45, 2.75) is 125 Å². The minimum atomic E-state index is -2.46. The lowest BCUT2D eigenvalue weighted by molar-refractivity contribution is -0.310. The molecule has 0 bridgehead atoms. The number of benzene rings is 1. The highest BCUT2D eigenvalue weighted by Gasteiger charge is 2.56. The molecule has 0 saturated carbocycles. The lowest BCUT2D eigenvalue weighted by Gasteiger charge is -2.46. The van der Waals surface area contributed by atoms with Crippen LogP contribution in [-0.2, 0) is 38.1 Å². The smallest absolute Gasteiger partial charge is 0.364 e. The van der Waals surface area contributed by atoms with Gasteiger partial charge in [-0.3, -0.25) is 33.6 Å². The number of rotatable bonds is 35. The number of ketones is 1. The number of aldehydes is 1. The van der Waals surface area contributed by atoms with Gasteiger partial charge in [0.1, 0.15) is 24.4 Å². The average Bonchev–Trinajstić information content (AvgIpc) is 3.25. The number of hydrogen-bond donors (Lipinski definition) is 12. The molecule has 12 N–H and O–H groups in total. The summed E-state index contributed by atoms with van der Waals surface area (Å²) in [5, 5.41) is 93.8. The molecule has 12 atom stereocenters. The zero-order valence-corrected chi connectivity index (χ0v) is 53.4. The van der Waals surface area contributed by atoms with Crippen LogP contribution in [0.1, 0.15) is 92.4 Å². The third kappa shape index (κ3) is 20.0. The highest BCUT2D eigenvalue weighted by Crippen LogP contribution is 2.37. The fourth-order valence-electron chi connectivity index (χ4n) is 9.74. The van der Waals surface area contributed by atoms with Gasteiger partial charge in [-0.1, -0.05) is 24.3 Å². The van der Waals surface area contributed by atoms with E-state index >= 15 is 0 Å². The molecule has 2 saturated heterocycles. The number of carboxylic acid groups (broad SMARTS) is 1. The van der Waals surface area contributed by atoms with Crippen molar-refractivity contribution in [2.75, 3.05) is 55.9 Å². The summed E-state index contributed by atoms with van der Waals surface area (Å²) in [6.07, 6.45) is -12.5. The standard InChI is InChI=1S/C59H73N5O19S6/c1-33(66)63-48-38(69)28-58(32-65,82-52(48)50(73)40(71)30-61-55(76)46-17-15-44(88-46)42-9-4-25-86-42)80-20-6-24-85-27-19-60-54(75)36-13-11-35(12-14-36)37(68)8-3-22-84-23-7-21-81-59(57(78)79)29-39(70)49(64-34(2)67)53(83-59)51(74)41(72)31-62-56(77)47-18-16-45(89-47)43-10-5-26-87-43/h4-5,9-18,25-26,32,38-41,48-53,69-74H,3,6-8,19-24,27-31H2,1-2H3,(H,60,75)(H,61,76)(H,62,77)(H,63,66)(H,64,67)(H,78,79)/t38-,39-,40+,41+,48+,49+,50+,51+,52+,53+,58+,59+/m0/s1. The molecular formula is C59H73N5O19S6. The molecule has 1 aromatic carbocycles. The van der Waals surface area contributed by atoms with Gasteiger partial charge in [-0.25, -0.2) is 4.79 Å². The summed E-state index contributed by atoms with van der Waals surface area (Å²) in [6, 6.07) is 18.2. The molecule has 6 heterocycles. The number of amides is 5. The monoisotopic (exact) mass is 1350 g/mol. The van der Waals surface area contributed by atoms with Crippen molar-refractivity contribution in [1.29, 1.82) is 0 Å². The van der Waals surface area contributed by atoms with Crippen molar-refractivity contribution in [1.82, 2.24) is 26.6 Å². The quantitative estimate of drug-likeness (QED) is 0.0157. The first-order valence-electron chi connectivity index (χ1n) is 28.5. The number of carboxylic acids is 1. The molecule has 0 radical (unpaired) electrons. The maximum atomic E-state index is 13.0. The van der Waals surface area contributed by atoms with E-state index in [1.807, 2.05) is 41.1 Å². The molecule has 5 amide bonds. The van der Waals surface area contributed by atoms with E-state index in [0.717, 1.165) is 26.4 Å². The highest BCUT2D eigenvalue weighted by atomic mass is 32.2. The summed E-state index contributed by atoms with van der Waals surface area (Å²) in [7, 11) is 0. The number of thiophene rings is 4. The molecule has 0 unspecified atom stereocenters. The second-order valence-electron chi connectivity index (χ2n) is 21.0. The molecule has 484 valence electrons. The number of Topliss-reactive ketones (excluding diaryl/α,β-unsaturated/α-hetero) is 1. The summed E-state index contributed by atoms with van der Waals surface area (Å²) < 4.78 is 23.4. The zero-order valence-electron chi connectivity index (χ0n) is 48.5. The van der Waals surface area contributed by atoms with Crippen molar-refractivity contribution in [3.63, 3.8) is 0 Å². The first kappa shape index (κ1) is 70.9. The minimum Gasteiger partial charge on any atom is -0.477 e. The molecule has 7 rings (SSSR count).